The SMILES string of the molecule is CCCCNCCCCCOc1ccccc1OC. The van der Waals surface area contributed by atoms with Gasteiger partial charge in [-0.3, -0.25) is 0 Å². The van der Waals surface area contributed by atoms with Crippen LogP contribution >= 0.6 is 0 Å². The fourth-order valence-corrected chi connectivity index (χ4v) is 1.88. The third-order valence-corrected chi connectivity index (χ3v) is 3.03. The molecule has 0 aliphatic carbocycles. The number of ether oxygens (including phenoxy) is 2. The van der Waals surface area contributed by atoms with Crippen LogP contribution in [0.5, 0.6) is 11.5 Å². The molecule has 3 heteroatoms. The molecular weight excluding hydrogens is 238 g/mol. The van der Waals surface area contributed by atoms with Crippen molar-refractivity contribution in [1.29, 1.82) is 0 Å². The Balaban J connectivity index is 2.01. The first kappa shape index (κ1) is 15.8. The van der Waals surface area contributed by atoms with E-state index in [0.717, 1.165) is 37.6 Å². The van der Waals surface area contributed by atoms with E-state index in [4.69, 9.17) is 9.47 Å². The van der Waals surface area contributed by atoms with Crippen molar-refractivity contribution in [2.75, 3.05) is 26.8 Å². The molecule has 0 spiro atoms. The fourth-order valence-electron chi connectivity index (χ4n) is 1.88. The van der Waals surface area contributed by atoms with Gasteiger partial charge in [-0.15, -0.1) is 0 Å². The zero-order chi connectivity index (χ0) is 13.8. The minimum absolute atomic E-state index is 0.759. The van der Waals surface area contributed by atoms with E-state index in [9.17, 15) is 0 Å². The van der Waals surface area contributed by atoms with Crippen molar-refractivity contribution in [2.24, 2.45) is 0 Å². The molecule has 19 heavy (non-hydrogen) atoms. The van der Waals surface area contributed by atoms with E-state index in [1.807, 2.05) is 24.3 Å². The van der Waals surface area contributed by atoms with Crippen molar-refractivity contribution in [3.05, 3.63) is 24.3 Å². The van der Waals surface area contributed by atoms with Gasteiger partial charge in [0.25, 0.3) is 0 Å². The lowest BCUT2D eigenvalue weighted by atomic mass is 10.2. The largest absolute Gasteiger partial charge is 0.493 e. The number of nitrogens with one attached hydrogen (secondary N) is 1. The summed E-state index contributed by atoms with van der Waals surface area (Å²) in [6.07, 6.45) is 6.05. The van der Waals surface area contributed by atoms with Gasteiger partial charge in [0.1, 0.15) is 0 Å². The molecule has 0 unspecified atom stereocenters. The van der Waals surface area contributed by atoms with Crippen LogP contribution in [0.2, 0.25) is 0 Å². The van der Waals surface area contributed by atoms with Crippen LogP contribution in [0, 0.1) is 0 Å². The van der Waals surface area contributed by atoms with Gasteiger partial charge in [0.15, 0.2) is 11.5 Å². The van der Waals surface area contributed by atoms with Crippen LogP contribution in [0.1, 0.15) is 39.0 Å². The zero-order valence-corrected chi connectivity index (χ0v) is 12.3. The Kier molecular flexibility index (Phi) is 8.90. The van der Waals surface area contributed by atoms with Crippen molar-refractivity contribution < 1.29 is 9.47 Å². The van der Waals surface area contributed by atoms with Gasteiger partial charge in [0, 0.05) is 0 Å². The quantitative estimate of drug-likeness (QED) is 0.620. The molecule has 0 aliphatic rings. The van der Waals surface area contributed by atoms with Crippen LogP contribution in [0.4, 0.5) is 0 Å². The topological polar surface area (TPSA) is 30.5 Å². The molecule has 0 aromatic heterocycles. The van der Waals surface area contributed by atoms with Crippen LogP contribution in [0.15, 0.2) is 24.3 Å². The summed E-state index contributed by atoms with van der Waals surface area (Å²) in [5.41, 5.74) is 0. The lowest BCUT2D eigenvalue weighted by Gasteiger charge is -2.10. The van der Waals surface area contributed by atoms with Crippen LogP contribution in [0.3, 0.4) is 0 Å². The Morgan fingerprint density at radius 3 is 2.42 bits per heavy atom. The normalized spacial score (nSPS) is 10.4. The Morgan fingerprint density at radius 2 is 1.68 bits per heavy atom. The van der Waals surface area contributed by atoms with Crippen LogP contribution < -0.4 is 14.8 Å². The Bertz CT molecular complexity index is 328. The van der Waals surface area contributed by atoms with Crippen LogP contribution in [-0.4, -0.2) is 26.8 Å². The van der Waals surface area contributed by atoms with Crippen molar-refractivity contribution in [3.8, 4) is 11.5 Å². The van der Waals surface area contributed by atoms with E-state index in [1.165, 1.54) is 25.7 Å². The molecule has 0 fully saturated rings. The number of unbranched alkanes of at least 4 members (excludes halogenated alkanes) is 3. The summed E-state index contributed by atoms with van der Waals surface area (Å²) < 4.78 is 11.0. The second-order valence-electron chi connectivity index (χ2n) is 4.66. The molecule has 0 radical (unpaired) electrons. The number of hydrogen-bond donors (Lipinski definition) is 1. The average molecular weight is 265 g/mol. The molecule has 1 N–H and O–H groups in total. The summed E-state index contributed by atoms with van der Waals surface area (Å²) in [6.45, 7) is 5.25. The summed E-state index contributed by atoms with van der Waals surface area (Å²) in [7, 11) is 1.67. The first-order chi connectivity index (χ1) is 9.38. The minimum atomic E-state index is 0.759. The molecule has 0 atom stereocenters. The highest BCUT2D eigenvalue weighted by Gasteiger charge is 2.01. The molecule has 0 aliphatic heterocycles. The molecule has 108 valence electrons. The summed E-state index contributed by atoms with van der Waals surface area (Å²) in [5, 5.41) is 3.45. The van der Waals surface area contributed by atoms with Gasteiger partial charge in [-0.2, -0.15) is 0 Å². The van der Waals surface area contributed by atoms with Crippen molar-refractivity contribution in [2.45, 2.75) is 39.0 Å². The van der Waals surface area contributed by atoms with Crippen LogP contribution in [-0.2, 0) is 0 Å². The molecule has 1 rings (SSSR count). The van der Waals surface area contributed by atoms with E-state index in [1.54, 1.807) is 7.11 Å². The number of rotatable bonds is 11. The summed E-state index contributed by atoms with van der Waals surface area (Å²) in [4.78, 5) is 0. The van der Waals surface area contributed by atoms with E-state index < -0.39 is 0 Å². The minimum Gasteiger partial charge on any atom is -0.493 e. The first-order valence-corrected chi connectivity index (χ1v) is 7.35. The summed E-state index contributed by atoms with van der Waals surface area (Å²) in [5.74, 6) is 1.65. The van der Waals surface area contributed by atoms with Gasteiger partial charge in [0.2, 0.25) is 0 Å². The molecule has 1 aromatic rings. The average Bonchev–Trinajstić information content (AvgIpc) is 2.46. The third kappa shape index (κ3) is 7.06. The fraction of sp³-hybridized carbons (Fsp3) is 0.625. The molecule has 0 saturated heterocycles. The van der Waals surface area contributed by atoms with Gasteiger partial charge in [-0.25, -0.2) is 0 Å². The third-order valence-electron chi connectivity index (χ3n) is 3.03. The first-order valence-electron chi connectivity index (χ1n) is 7.35. The monoisotopic (exact) mass is 265 g/mol. The lowest BCUT2D eigenvalue weighted by Crippen LogP contribution is -2.16. The number of benzene rings is 1. The molecule has 0 bridgehead atoms. The molecular formula is C16H27NO2. The molecule has 1 aromatic carbocycles. The molecule has 0 heterocycles. The van der Waals surface area contributed by atoms with E-state index >= 15 is 0 Å². The highest BCUT2D eigenvalue weighted by atomic mass is 16.5. The standard InChI is InChI=1S/C16H27NO2/c1-3-4-12-17-13-8-5-9-14-19-16-11-7-6-10-15(16)18-2/h6-7,10-11,17H,3-5,8-9,12-14H2,1-2H3. The van der Waals surface area contributed by atoms with Gasteiger partial charge < -0.3 is 14.8 Å². The highest BCUT2D eigenvalue weighted by molar-refractivity contribution is 5.39. The predicted octanol–water partition coefficient (Wildman–Crippen LogP) is 3.63. The van der Waals surface area contributed by atoms with Crippen molar-refractivity contribution in [1.82, 2.24) is 5.32 Å². The highest BCUT2D eigenvalue weighted by Crippen LogP contribution is 2.25. The number of para-hydroxylation sites is 2. The number of hydrogen-bond acceptors (Lipinski definition) is 3. The zero-order valence-electron chi connectivity index (χ0n) is 12.3. The molecule has 0 amide bonds. The maximum Gasteiger partial charge on any atom is 0.161 e. The Hall–Kier alpha value is -1.22. The second kappa shape index (κ2) is 10.7. The second-order valence-corrected chi connectivity index (χ2v) is 4.66. The van der Waals surface area contributed by atoms with E-state index in [0.29, 0.717) is 0 Å². The van der Waals surface area contributed by atoms with Crippen molar-refractivity contribution >= 4 is 0 Å². The predicted molar refractivity (Wildman–Crippen MR) is 80.1 cm³/mol. The molecule has 3 nitrogen and oxygen atoms in total. The van der Waals surface area contributed by atoms with Gasteiger partial charge >= 0.3 is 0 Å². The van der Waals surface area contributed by atoms with Crippen molar-refractivity contribution in [3.63, 3.8) is 0 Å². The Morgan fingerprint density at radius 1 is 0.947 bits per heavy atom. The maximum atomic E-state index is 5.73. The number of methoxy groups -OCH3 is 1. The summed E-state index contributed by atoms with van der Waals surface area (Å²) >= 11 is 0. The molecule has 0 saturated carbocycles. The van der Waals surface area contributed by atoms with Gasteiger partial charge in [-0.1, -0.05) is 25.5 Å². The Labute approximate surface area is 117 Å². The van der Waals surface area contributed by atoms with Gasteiger partial charge in [0.05, 0.1) is 13.7 Å². The smallest absolute Gasteiger partial charge is 0.161 e. The van der Waals surface area contributed by atoms with Crippen LogP contribution in [0.25, 0.3) is 0 Å². The van der Waals surface area contributed by atoms with Gasteiger partial charge in [-0.05, 0) is 50.9 Å². The van der Waals surface area contributed by atoms with E-state index in [2.05, 4.69) is 12.2 Å². The summed E-state index contributed by atoms with van der Waals surface area (Å²) in [6, 6.07) is 7.79. The lowest BCUT2D eigenvalue weighted by molar-refractivity contribution is 0.285. The maximum absolute atomic E-state index is 5.73. The van der Waals surface area contributed by atoms with E-state index in [-0.39, 0.29) is 0 Å².